The average Bonchev–Trinajstić information content (AvgIpc) is 3.11. The number of aryl methyl sites for hydroxylation is 2. The molecule has 37 heavy (non-hydrogen) atoms. The minimum atomic E-state index is -4.36. The number of rotatable bonds is 7. The van der Waals surface area contributed by atoms with Crippen LogP contribution in [0.5, 0.6) is 5.75 Å². The molecule has 0 atom stereocenters. The van der Waals surface area contributed by atoms with Gasteiger partial charge in [-0.25, -0.2) is 4.68 Å². The quantitative estimate of drug-likeness (QED) is 0.153. The van der Waals surface area contributed by atoms with Gasteiger partial charge in [0.1, 0.15) is 10.6 Å². The van der Waals surface area contributed by atoms with Crippen LogP contribution in [-0.4, -0.2) is 60.7 Å². The van der Waals surface area contributed by atoms with Gasteiger partial charge in [0.05, 0.1) is 22.0 Å². The summed E-state index contributed by atoms with van der Waals surface area (Å²) in [5.41, 5.74) is 1.50. The van der Waals surface area contributed by atoms with Crippen LogP contribution in [0.3, 0.4) is 0 Å². The maximum atomic E-state index is 12.8. The van der Waals surface area contributed by atoms with Crippen molar-refractivity contribution in [2.75, 3.05) is 0 Å². The molecule has 0 amide bonds. The number of aromatic amines is 1. The third-order valence-electron chi connectivity index (χ3n) is 5.05. The molecular formula is C23H20N4NaO7S2. The van der Waals surface area contributed by atoms with Crippen LogP contribution in [0.15, 0.2) is 97.6 Å². The molecule has 11 nitrogen and oxygen atoms in total. The molecule has 0 aliphatic rings. The molecule has 14 heteroatoms. The van der Waals surface area contributed by atoms with Crippen molar-refractivity contribution >= 4 is 61.2 Å². The number of hydrogen-bond acceptors (Lipinski definition) is 8. The van der Waals surface area contributed by atoms with Crippen LogP contribution >= 0.6 is 0 Å². The van der Waals surface area contributed by atoms with Gasteiger partial charge in [-0.05, 0) is 74.5 Å². The molecule has 0 saturated carbocycles. The fourth-order valence-corrected chi connectivity index (χ4v) is 4.57. The second-order valence-corrected chi connectivity index (χ2v) is 10.7. The Balaban J connectivity index is 0.00000380. The Morgan fingerprint density at radius 2 is 1.38 bits per heavy atom. The predicted molar refractivity (Wildman–Crippen MR) is 136 cm³/mol. The minimum Gasteiger partial charge on any atom is -0.379 e. The van der Waals surface area contributed by atoms with Crippen molar-refractivity contribution < 1.29 is 25.6 Å². The topological polar surface area (TPSA) is 160 Å². The Kier molecular flexibility index (Phi) is 8.57. The molecule has 2 N–H and O–H groups in total. The van der Waals surface area contributed by atoms with Crippen LogP contribution in [0.25, 0.3) is 5.69 Å². The maximum absolute atomic E-state index is 12.8. The summed E-state index contributed by atoms with van der Waals surface area (Å²) in [5.74, 6) is 0.0862. The fourth-order valence-electron chi connectivity index (χ4n) is 3.16. The van der Waals surface area contributed by atoms with Gasteiger partial charge in [-0.15, -0.1) is 5.11 Å². The molecule has 0 bridgehead atoms. The zero-order valence-corrected chi connectivity index (χ0v) is 23.6. The predicted octanol–water partition coefficient (Wildman–Crippen LogP) is 3.83. The summed E-state index contributed by atoms with van der Waals surface area (Å²) >= 11 is 0. The van der Waals surface area contributed by atoms with Crippen LogP contribution in [0.1, 0.15) is 11.3 Å². The van der Waals surface area contributed by atoms with E-state index in [1.807, 2.05) is 6.92 Å². The van der Waals surface area contributed by atoms with E-state index in [1.54, 1.807) is 19.1 Å². The smallest absolute Gasteiger partial charge is 0.339 e. The Bertz CT molecular complexity index is 1710. The molecule has 4 aromatic rings. The van der Waals surface area contributed by atoms with E-state index in [2.05, 4.69) is 15.3 Å². The molecular weight excluding hydrogens is 531 g/mol. The Morgan fingerprint density at radius 1 is 0.811 bits per heavy atom. The maximum Gasteiger partial charge on any atom is 0.339 e. The normalized spacial score (nSPS) is 11.9. The van der Waals surface area contributed by atoms with Crippen molar-refractivity contribution in [1.82, 2.24) is 9.78 Å². The molecule has 0 saturated heterocycles. The van der Waals surface area contributed by atoms with Crippen LogP contribution in [0, 0.1) is 13.8 Å². The van der Waals surface area contributed by atoms with Crippen LogP contribution in [0.4, 0.5) is 11.4 Å². The number of azo groups is 1. The summed E-state index contributed by atoms with van der Waals surface area (Å²) in [7, 11) is -8.35. The van der Waals surface area contributed by atoms with Gasteiger partial charge in [0.25, 0.3) is 15.7 Å². The van der Waals surface area contributed by atoms with Crippen LogP contribution < -0.4 is 9.74 Å². The molecule has 3 aromatic carbocycles. The van der Waals surface area contributed by atoms with Gasteiger partial charge < -0.3 is 4.18 Å². The van der Waals surface area contributed by atoms with Crippen molar-refractivity contribution in [3.8, 4) is 11.4 Å². The van der Waals surface area contributed by atoms with Crippen molar-refractivity contribution in [2.45, 2.75) is 23.6 Å². The first kappa shape index (κ1) is 28.5. The first-order chi connectivity index (χ1) is 16.9. The largest absolute Gasteiger partial charge is 0.379 e. The number of nitrogens with one attached hydrogen (secondary N) is 1. The van der Waals surface area contributed by atoms with Gasteiger partial charge in [0, 0.05) is 29.6 Å². The first-order valence-corrected chi connectivity index (χ1v) is 13.2. The van der Waals surface area contributed by atoms with E-state index in [9.17, 15) is 21.6 Å². The SMILES string of the molecule is Cc1ccc(S(=O)(=O)Oc2ccc(N=Nc3c(C)[nH]n(-c4ccc(S(=O)(=O)O)cc4)c3=O)cc2)cc1.[Na]. The van der Waals surface area contributed by atoms with Gasteiger partial charge in [-0.1, -0.05) is 17.7 Å². The summed E-state index contributed by atoms with van der Waals surface area (Å²) in [6.45, 7) is 3.46. The molecule has 0 fully saturated rings. The van der Waals surface area contributed by atoms with E-state index < -0.39 is 25.8 Å². The van der Waals surface area contributed by atoms with E-state index >= 15 is 0 Å². The second-order valence-electron chi connectivity index (χ2n) is 7.74. The average molecular weight is 552 g/mol. The Hall–Kier alpha value is -3.07. The molecule has 0 aliphatic carbocycles. The van der Waals surface area contributed by atoms with E-state index in [-0.39, 0.29) is 50.8 Å². The fraction of sp³-hybridized carbons (Fsp3) is 0.0870. The number of benzene rings is 3. The number of aromatic nitrogens is 2. The summed E-state index contributed by atoms with van der Waals surface area (Å²) in [4.78, 5) is 12.5. The van der Waals surface area contributed by atoms with Gasteiger partial charge >= 0.3 is 10.1 Å². The zero-order valence-electron chi connectivity index (χ0n) is 20.0. The number of nitrogens with zero attached hydrogens (tertiary/aromatic N) is 3. The molecule has 187 valence electrons. The van der Waals surface area contributed by atoms with Crippen LogP contribution in [0.2, 0.25) is 0 Å². The van der Waals surface area contributed by atoms with E-state index in [1.165, 1.54) is 48.5 Å². The molecule has 0 spiro atoms. The van der Waals surface area contributed by atoms with E-state index in [4.69, 9.17) is 8.74 Å². The van der Waals surface area contributed by atoms with Crippen molar-refractivity contribution in [1.29, 1.82) is 0 Å². The molecule has 0 unspecified atom stereocenters. The van der Waals surface area contributed by atoms with Crippen molar-refractivity contribution in [3.05, 3.63) is 94.4 Å². The van der Waals surface area contributed by atoms with E-state index in [0.29, 0.717) is 17.1 Å². The monoisotopic (exact) mass is 551 g/mol. The third kappa shape index (κ3) is 6.63. The summed E-state index contributed by atoms with van der Waals surface area (Å²) in [5, 5.41) is 10.9. The Labute approximate surface area is 235 Å². The zero-order chi connectivity index (χ0) is 26.1. The minimum absolute atomic E-state index is 0. The van der Waals surface area contributed by atoms with Crippen LogP contribution in [-0.2, 0) is 20.2 Å². The summed E-state index contributed by atoms with van der Waals surface area (Å²) < 4.78 is 62.7. The third-order valence-corrected chi connectivity index (χ3v) is 7.18. The number of hydrogen-bond donors (Lipinski definition) is 2. The van der Waals surface area contributed by atoms with E-state index in [0.717, 1.165) is 22.4 Å². The van der Waals surface area contributed by atoms with Crippen molar-refractivity contribution in [3.63, 3.8) is 0 Å². The summed E-state index contributed by atoms with van der Waals surface area (Å²) in [6, 6.07) is 17.1. The summed E-state index contributed by atoms with van der Waals surface area (Å²) in [6.07, 6.45) is 0. The van der Waals surface area contributed by atoms with Gasteiger partial charge in [-0.3, -0.25) is 14.4 Å². The number of H-pyrrole nitrogens is 1. The molecule has 0 aliphatic heterocycles. The van der Waals surface area contributed by atoms with Gasteiger partial charge in [0.15, 0.2) is 5.69 Å². The van der Waals surface area contributed by atoms with Crippen molar-refractivity contribution in [2.24, 2.45) is 10.2 Å². The molecule has 1 heterocycles. The van der Waals surface area contributed by atoms with Gasteiger partial charge in [-0.2, -0.15) is 21.9 Å². The first-order valence-electron chi connectivity index (χ1n) is 10.4. The second kappa shape index (κ2) is 11.1. The standard InChI is InChI=1S/C23H20N4O7S2.Na/c1-15-3-11-21(12-4-15)36(32,33)34-19-9-5-17(6-10-19)24-25-22-16(2)26-27(23(22)28)18-7-13-20(14-8-18)35(29,30)31;/h3-14,26H,1-2H3,(H,29,30,31);. The molecule has 1 aromatic heterocycles. The molecule has 4 rings (SSSR count). The Morgan fingerprint density at radius 3 is 1.95 bits per heavy atom. The van der Waals surface area contributed by atoms with Gasteiger partial charge in [0.2, 0.25) is 0 Å². The molecule has 1 radical (unpaired) electrons.